The van der Waals surface area contributed by atoms with E-state index in [9.17, 15) is 0 Å². The lowest BCUT2D eigenvalue weighted by molar-refractivity contribution is 0.660. The first-order valence-electron chi connectivity index (χ1n) is 4.02. The first kappa shape index (κ1) is 8.82. The van der Waals surface area contributed by atoms with E-state index in [1.54, 1.807) is 6.20 Å². The van der Waals surface area contributed by atoms with Gasteiger partial charge in [0.25, 0.3) is 0 Å². The Hall–Kier alpha value is -1.27. The number of nitrogens with two attached hydrogens (primary N) is 1. The SMILES string of the molecule is CCn1cc(C#CC(C)N)cn1. The monoisotopic (exact) mass is 163 g/mol. The fourth-order valence-electron chi connectivity index (χ4n) is 0.798. The summed E-state index contributed by atoms with van der Waals surface area (Å²) in [5, 5.41) is 4.09. The second-order valence-corrected chi connectivity index (χ2v) is 2.64. The van der Waals surface area contributed by atoms with Crippen LogP contribution in [0.1, 0.15) is 19.4 Å². The third-order valence-electron chi connectivity index (χ3n) is 1.40. The fraction of sp³-hybridized carbons (Fsp3) is 0.444. The van der Waals surface area contributed by atoms with Crippen LogP contribution in [0, 0.1) is 11.8 Å². The summed E-state index contributed by atoms with van der Waals surface area (Å²) in [5.74, 6) is 5.81. The number of hydrogen-bond donors (Lipinski definition) is 1. The maximum absolute atomic E-state index is 5.48. The van der Waals surface area contributed by atoms with E-state index in [2.05, 4.69) is 16.9 Å². The molecule has 0 aliphatic rings. The molecule has 12 heavy (non-hydrogen) atoms. The highest BCUT2D eigenvalue weighted by Gasteiger charge is 1.91. The normalized spacial score (nSPS) is 11.9. The fourth-order valence-corrected chi connectivity index (χ4v) is 0.798. The summed E-state index contributed by atoms with van der Waals surface area (Å²) < 4.78 is 1.84. The number of rotatable bonds is 1. The quantitative estimate of drug-likeness (QED) is 0.616. The Kier molecular flexibility index (Phi) is 2.89. The van der Waals surface area contributed by atoms with Gasteiger partial charge in [0.05, 0.1) is 17.8 Å². The maximum atomic E-state index is 5.48. The second-order valence-electron chi connectivity index (χ2n) is 2.64. The molecule has 1 aromatic rings. The Morgan fingerprint density at radius 3 is 3.00 bits per heavy atom. The summed E-state index contributed by atoms with van der Waals surface area (Å²) in [6.07, 6.45) is 3.66. The number of hydrogen-bond acceptors (Lipinski definition) is 2. The molecule has 0 amide bonds. The molecule has 0 saturated carbocycles. The van der Waals surface area contributed by atoms with Crippen molar-refractivity contribution in [2.45, 2.75) is 26.4 Å². The van der Waals surface area contributed by atoms with E-state index in [-0.39, 0.29) is 6.04 Å². The second kappa shape index (κ2) is 3.93. The van der Waals surface area contributed by atoms with E-state index >= 15 is 0 Å². The summed E-state index contributed by atoms with van der Waals surface area (Å²) in [6, 6.07) is -0.0741. The van der Waals surface area contributed by atoms with Gasteiger partial charge in [-0.25, -0.2) is 0 Å². The first-order valence-corrected chi connectivity index (χ1v) is 4.02. The molecule has 3 nitrogen and oxygen atoms in total. The van der Waals surface area contributed by atoms with Gasteiger partial charge in [-0.3, -0.25) is 4.68 Å². The van der Waals surface area contributed by atoms with Crippen molar-refractivity contribution in [1.29, 1.82) is 0 Å². The molecule has 0 saturated heterocycles. The molecule has 0 aliphatic carbocycles. The van der Waals surface area contributed by atoms with E-state index in [1.807, 2.05) is 24.7 Å². The Morgan fingerprint density at radius 1 is 1.75 bits per heavy atom. The molecule has 3 heteroatoms. The van der Waals surface area contributed by atoms with Crippen LogP contribution in [0.5, 0.6) is 0 Å². The van der Waals surface area contributed by atoms with Crippen LogP contribution in [0.3, 0.4) is 0 Å². The largest absolute Gasteiger partial charge is 0.318 e. The van der Waals surface area contributed by atoms with Crippen molar-refractivity contribution in [3.05, 3.63) is 18.0 Å². The highest BCUT2D eigenvalue weighted by molar-refractivity contribution is 5.30. The maximum Gasteiger partial charge on any atom is 0.0646 e. The average Bonchev–Trinajstić information content (AvgIpc) is 2.48. The van der Waals surface area contributed by atoms with Gasteiger partial charge in [-0.2, -0.15) is 5.10 Å². The van der Waals surface area contributed by atoms with Gasteiger partial charge in [0.2, 0.25) is 0 Å². The zero-order chi connectivity index (χ0) is 8.97. The molecule has 1 heterocycles. The van der Waals surface area contributed by atoms with Gasteiger partial charge < -0.3 is 5.73 Å². The van der Waals surface area contributed by atoms with Crippen LogP contribution < -0.4 is 5.73 Å². The molecule has 1 atom stereocenters. The van der Waals surface area contributed by atoms with E-state index in [4.69, 9.17) is 5.73 Å². The Bertz CT molecular complexity index is 301. The standard InChI is InChI=1S/C9H13N3/c1-3-12-7-9(6-11-12)5-4-8(2)10/h6-8H,3,10H2,1-2H3. The molecule has 0 radical (unpaired) electrons. The summed E-state index contributed by atoms with van der Waals surface area (Å²) in [6.45, 7) is 4.77. The van der Waals surface area contributed by atoms with Gasteiger partial charge in [-0.05, 0) is 13.8 Å². The van der Waals surface area contributed by atoms with Crippen molar-refractivity contribution < 1.29 is 0 Å². The van der Waals surface area contributed by atoms with Gasteiger partial charge in [-0.1, -0.05) is 11.8 Å². The van der Waals surface area contributed by atoms with E-state index in [1.165, 1.54) is 0 Å². The summed E-state index contributed by atoms with van der Waals surface area (Å²) in [7, 11) is 0. The molecule has 2 N–H and O–H groups in total. The van der Waals surface area contributed by atoms with Crippen LogP contribution in [0.25, 0.3) is 0 Å². The summed E-state index contributed by atoms with van der Waals surface area (Å²) >= 11 is 0. The zero-order valence-electron chi connectivity index (χ0n) is 7.41. The van der Waals surface area contributed by atoms with E-state index in [0.717, 1.165) is 12.1 Å². The Morgan fingerprint density at radius 2 is 2.50 bits per heavy atom. The van der Waals surface area contributed by atoms with Gasteiger partial charge in [-0.15, -0.1) is 0 Å². The minimum Gasteiger partial charge on any atom is -0.318 e. The molecule has 0 aromatic carbocycles. The number of aromatic nitrogens is 2. The minimum atomic E-state index is -0.0741. The third-order valence-corrected chi connectivity index (χ3v) is 1.40. The molecule has 1 aromatic heterocycles. The van der Waals surface area contributed by atoms with Gasteiger partial charge >= 0.3 is 0 Å². The zero-order valence-corrected chi connectivity index (χ0v) is 7.41. The van der Waals surface area contributed by atoms with Gasteiger partial charge in [0.15, 0.2) is 0 Å². The van der Waals surface area contributed by atoms with Crippen LogP contribution in [0.2, 0.25) is 0 Å². The lowest BCUT2D eigenvalue weighted by atomic mass is 10.3. The topological polar surface area (TPSA) is 43.8 Å². The van der Waals surface area contributed by atoms with Crippen molar-refractivity contribution in [2.75, 3.05) is 0 Å². The van der Waals surface area contributed by atoms with Crippen LogP contribution in [-0.2, 0) is 6.54 Å². The first-order chi connectivity index (χ1) is 5.72. The summed E-state index contributed by atoms with van der Waals surface area (Å²) in [4.78, 5) is 0. The highest BCUT2D eigenvalue weighted by atomic mass is 15.3. The molecule has 1 rings (SSSR count). The van der Waals surface area contributed by atoms with Crippen molar-refractivity contribution in [3.63, 3.8) is 0 Å². The highest BCUT2D eigenvalue weighted by Crippen LogP contribution is 1.94. The predicted molar refractivity (Wildman–Crippen MR) is 48.4 cm³/mol. The third kappa shape index (κ3) is 2.40. The Balaban J connectivity index is 2.72. The van der Waals surface area contributed by atoms with Crippen molar-refractivity contribution >= 4 is 0 Å². The lowest BCUT2D eigenvalue weighted by Gasteiger charge is -1.89. The van der Waals surface area contributed by atoms with Gasteiger partial charge in [0.1, 0.15) is 0 Å². The molecule has 64 valence electrons. The van der Waals surface area contributed by atoms with Crippen molar-refractivity contribution in [2.24, 2.45) is 5.73 Å². The molecule has 1 unspecified atom stereocenters. The van der Waals surface area contributed by atoms with Crippen molar-refractivity contribution in [3.8, 4) is 11.8 Å². The van der Waals surface area contributed by atoms with Crippen LogP contribution in [-0.4, -0.2) is 15.8 Å². The molecule has 0 fully saturated rings. The van der Waals surface area contributed by atoms with Crippen molar-refractivity contribution in [1.82, 2.24) is 9.78 Å². The van der Waals surface area contributed by atoms with Crippen LogP contribution in [0.15, 0.2) is 12.4 Å². The summed E-state index contributed by atoms with van der Waals surface area (Å²) in [5.41, 5.74) is 6.40. The predicted octanol–water partition coefficient (Wildman–Crippen LogP) is 0.602. The van der Waals surface area contributed by atoms with E-state index in [0.29, 0.717) is 0 Å². The smallest absolute Gasteiger partial charge is 0.0646 e. The molecular formula is C9H13N3. The Labute approximate surface area is 72.6 Å². The molecule has 0 spiro atoms. The number of nitrogens with zero attached hydrogens (tertiary/aromatic N) is 2. The minimum absolute atomic E-state index is 0.0741. The molecular weight excluding hydrogens is 150 g/mol. The average molecular weight is 163 g/mol. The molecule has 0 bridgehead atoms. The lowest BCUT2D eigenvalue weighted by Crippen LogP contribution is -2.10. The number of aryl methyl sites for hydroxylation is 1. The van der Waals surface area contributed by atoms with Gasteiger partial charge in [0, 0.05) is 12.7 Å². The molecule has 0 aliphatic heterocycles. The van der Waals surface area contributed by atoms with Crippen LogP contribution in [0.4, 0.5) is 0 Å². The van der Waals surface area contributed by atoms with E-state index < -0.39 is 0 Å². The van der Waals surface area contributed by atoms with Crippen LogP contribution >= 0.6 is 0 Å².